The molecule has 3 N–H and O–H groups in total. The van der Waals surface area contributed by atoms with Crippen molar-refractivity contribution in [2.45, 2.75) is 6.92 Å². The molecule has 0 bridgehead atoms. The highest BCUT2D eigenvalue weighted by Crippen LogP contribution is 2.25. The van der Waals surface area contributed by atoms with Gasteiger partial charge in [-0.2, -0.15) is 0 Å². The Morgan fingerprint density at radius 3 is 2.21 bits per heavy atom. The van der Waals surface area contributed by atoms with Gasteiger partial charge in [-0.1, -0.05) is 30.3 Å². The normalized spacial score (nSPS) is 10.3. The van der Waals surface area contributed by atoms with Crippen molar-refractivity contribution >= 4 is 39.9 Å². The highest BCUT2D eigenvalue weighted by molar-refractivity contribution is 6.00. The van der Waals surface area contributed by atoms with Crippen LogP contribution in [0.1, 0.15) is 17.3 Å². The minimum Gasteiger partial charge on any atom is -0.507 e. The van der Waals surface area contributed by atoms with Gasteiger partial charge in [0.25, 0.3) is 5.91 Å². The molecule has 7 nitrogen and oxygen atoms in total. The first-order valence-electron chi connectivity index (χ1n) is 8.49. The van der Waals surface area contributed by atoms with E-state index in [9.17, 15) is 19.5 Å². The van der Waals surface area contributed by atoms with Crippen LogP contribution in [-0.4, -0.2) is 29.5 Å². The van der Waals surface area contributed by atoms with Crippen LogP contribution in [0.15, 0.2) is 60.7 Å². The average molecular weight is 378 g/mol. The molecule has 0 aliphatic heterocycles. The summed E-state index contributed by atoms with van der Waals surface area (Å²) in [5.74, 6) is -1.79. The third kappa shape index (κ3) is 4.64. The van der Waals surface area contributed by atoms with Gasteiger partial charge in [0.2, 0.25) is 5.91 Å². The first-order chi connectivity index (χ1) is 13.4. The zero-order chi connectivity index (χ0) is 20.1. The van der Waals surface area contributed by atoms with E-state index in [4.69, 9.17) is 4.74 Å². The molecule has 0 unspecified atom stereocenters. The van der Waals surface area contributed by atoms with Crippen LogP contribution in [0.3, 0.4) is 0 Å². The van der Waals surface area contributed by atoms with Crippen LogP contribution < -0.4 is 10.6 Å². The smallest absolute Gasteiger partial charge is 0.342 e. The SMILES string of the molecule is CC(=O)Nc1cccc(NC(=O)COC(=O)c2cc3ccccc3cc2O)c1. The predicted octanol–water partition coefficient (Wildman–Crippen LogP) is 3.30. The first kappa shape index (κ1) is 18.9. The Bertz CT molecular complexity index is 1060. The number of ether oxygens (including phenoxy) is 1. The van der Waals surface area contributed by atoms with Crippen LogP contribution >= 0.6 is 0 Å². The van der Waals surface area contributed by atoms with Gasteiger partial charge < -0.3 is 20.5 Å². The fourth-order valence-corrected chi connectivity index (χ4v) is 2.68. The summed E-state index contributed by atoms with van der Waals surface area (Å²) in [4.78, 5) is 35.4. The summed E-state index contributed by atoms with van der Waals surface area (Å²) in [7, 11) is 0. The molecule has 0 heterocycles. The summed E-state index contributed by atoms with van der Waals surface area (Å²) >= 11 is 0. The number of phenolic OH excluding ortho intramolecular Hbond substituents is 1. The fraction of sp³-hybridized carbons (Fsp3) is 0.0952. The van der Waals surface area contributed by atoms with E-state index in [1.165, 1.54) is 19.1 Å². The van der Waals surface area contributed by atoms with E-state index >= 15 is 0 Å². The molecule has 3 aromatic carbocycles. The largest absolute Gasteiger partial charge is 0.507 e. The molecule has 0 fully saturated rings. The van der Waals surface area contributed by atoms with Gasteiger partial charge in [-0.05, 0) is 41.1 Å². The number of carbonyl (C=O) groups excluding carboxylic acids is 3. The monoisotopic (exact) mass is 378 g/mol. The lowest BCUT2D eigenvalue weighted by atomic mass is 10.1. The van der Waals surface area contributed by atoms with E-state index in [-0.39, 0.29) is 17.2 Å². The van der Waals surface area contributed by atoms with Crippen molar-refractivity contribution in [2.24, 2.45) is 0 Å². The second-order valence-corrected chi connectivity index (χ2v) is 6.10. The lowest BCUT2D eigenvalue weighted by Crippen LogP contribution is -2.21. The highest BCUT2D eigenvalue weighted by Gasteiger charge is 2.15. The molecule has 0 aliphatic carbocycles. The molecule has 0 spiro atoms. The number of phenols is 1. The number of hydrogen-bond acceptors (Lipinski definition) is 5. The molecule has 7 heteroatoms. The van der Waals surface area contributed by atoms with Crippen LogP contribution in [0, 0.1) is 0 Å². The third-order valence-electron chi connectivity index (χ3n) is 3.88. The molecule has 0 atom stereocenters. The van der Waals surface area contributed by atoms with Crippen LogP contribution in [0.5, 0.6) is 5.75 Å². The van der Waals surface area contributed by atoms with Gasteiger partial charge in [0.05, 0.1) is 0 Å². The van der Waals surface area contributed by atoms with E-state index in [0.717, 1.165) is 10.8 Å². The number of hydrogen-bond donors (Lipinski definition) is 3. The Balaban J connectivity index is 1.62. The van der Waals surface area contributed by atoms with Gasteiger partial charge in [-0.25, -0.2) is 4.79 Å². The molecule has 2 amide bonds. The summed E-state index contributed by atoms with van der Waals surface area (Å²) < 4.78 is 5.01. The summed E-state index contributed by atoms with van der Waals surface area (Å²) in [5.41, 5.74) is 0.961. The molecule has 28 heavy (non-hydrogen) atoms. The number of amides is 2. The van der Waals surface area contributed by atoms with Gasteiger partial charge in [-0.15, -0.1) is 0 Å². The molecule has 3 rings (SSSR count). The van der Waals surface area contributed by atoms with Crippen molar-refractivity contribution < 1.29 is 24.2 Å². The van der Waals surface area contributed by atoms with Gasteiger partial charge in [0, 0.05) is 18.3 Å². The number of nitrogens with one attached hydrogen (secondary N) is 2. The minimum absolute atomic E-state index is 0.0147. The number of aromatic hydroxyl groups is 1. The van der Waals surface area contributed by atoms with Crippen molar-refractivity contribution in [3.63, 3.8) is 0 Å². The number of carbonyl (C=O) groups is 3. The average Bonchev–Trinajstić information content (AvgIpc) is 2.65. The Labute approximate surface area is 160 Å². The van der Waals surface area contributed by atoms with Gasteiger partial charge in [-0.3, -0.25) is 9.59 Å². The summed E-state index contributed by atoms with van der Waals surface area (Å²) in [6.07, 6.45) is 0. The summed E-state index contributed by atoms with van der Waals surface area (Å²) in [5, 5.41) is 16.8. The van der Waals surface area contributed by atoms with Crippen LogP contribution in [-0.2, 0) is 14.3 Å². The van der Waals surface area contributed by atoms with E-state index in [0.29, 0.717) is 11.4 Å². The number of benzene rings is 3. The zero-order valence-corrected chi connectivity index (χ0v) is 15.1. The molecule has 0 aromatic heterocycles. The third-order valence-corrected chi connectivity index (χ3v) is 3.88. The van der Waals surface area contributed by atoms with E-state index in [2.05, 4.69) is 10.6 Å². The van der Waals surface area contributed by atoms with Gasteiger partial charge in [0.1, 0.15) is 11.3 Å². The molecule has 0 aliphatic rings. The zero-order valence-electron chi connectivity index (χ0n) is 15.1. The number of fused-ring (bicyclic) bond motifs is 1. The number of anilines is 2. The summed E-state index contributed by atoms with van der Waals surface area (Å²) in [6.45, 7) is 0.863. The maximum Gasteiger partial charge on any atom is 0.342 e. The Kier molecular flexibility index (Phi) is 5.55. The maximum absolute atomic E-state index is 12.2. The van der Waals surface area contributed by atoms with Gasteiger partial charge in [0.15, 0.2) is 6.61 Å². The van der Waals surface area contributed by atoms with Crippen molar-refractivity contribution in [3.05, 3.63) is 66.2 Å². The molecule has 142 valence electrons. The molecular formula is C21H18N2O5. The first-order valence-corrected chi connectivity index (χ1v) is 8.49. The Hall–Kier alpha value is -3.87. The fourth-order valence-electron chi connectivity index (χ4n) is 2.68. The Morgan fingerprint density at radius 1 is 0.893 bits per heavy atom. The quantitative estimate of drug-likeness (QED) is 0.591. The van der Waals surface area contributed by atoms with Gasteiger partial charge >= 0.3 is 5.97 Å². The molecule has 0 saturated heterocycles. The second-order valence-electron chi connectivity index (χ2n) is 6.10. The standard InChI is InChI=1S/C21H18N2O5/c1-13(24)22-16-7-4-8-17(11-16)23-20(26)12-28-21(27)18-9-14-5-2-3-6-15(14)10-19(18)25/h2-11,25H,12H2,1H3,(H,22,24)(H,23,26). The second kappa shape index (κ2) is 8.22. The molecular weight excluding hydrogens is 360 g/mol. The van der Waals surface area contributed by atoms with Crippen molar-refractivity contribution in [1.82, 2.24) is 0 Å². The minimum atomic E-state index is -0.801. The lowest BCUT2D eigenvalue weighted by molar-refractivity contribution is -0.119. The number of esters is 1. The van der Waals surface area contributed by atoms with Crippen molar-refractivity contribution in [2.75, 3.05) is 17.2 Å². The van der Waals surface area contributed by atoms with Crippen LogP contribution in [0.2, 0.25) is 0 Å². The number of rotatable bonds is 5. The maximum atomic E-state index is 12.2. The molecule has 0 radical (unpaired) electrons. The van der Waals surface area contributed by atoms with E-state index in [1.54, 1.807) is 30.3 Å². The van der Waals surface area contributed by atoms with Crippen LogP contribution in [0.25, 0.3) is 10.8 Å². The highest BCUT2D eigenvalue weighted by atomic mass is 16.5. The topological polar surface area (TPSA) is 105 Å². The van der Waals surface area contributed by atoms with E-state index in [1.807, 2.05) is 18.2 Å². The van der Waals surface area contributed by atoms with E-state index < -0.39 is 18.5 Å². The predicted molar refractivity (Wildman–Crippen MR) is 105 cm³/mol. The summed E-state index contributed by atoms with van der Waals surface area (Å²) in [6, 6.07) is 16.8. The van der Waals surface area contributed by atoms with Crippen molar-refractivity contribution in [3.8, 4) is 5.75 Å². The van der Waals surface area contributed by atoms with Crippen molar-refractivity contribution in [1.29, 1.82) is 0 Å². The molecule has 3 aromatic rings. The van der Waals surface area contributed by atoms with Crippen LogP contribution in [0.4, 0.5) is 11.4 Å². The molecule has 0 saturated carbocycles. The lowest BCUT2D eigenvalue weighted by Gasteiger charge is -2.10. The Morgan fingerprint density at radius 2 is 1.54 bits per heavy atom.